The molecule has 0 saturated carbocycles. The van der Waals surface area contributed by atoms with Crippen molar-refractivity contribution in [3.8, 4) is 0 Å². The first kappa shape index (κ1) is 8.29. The number of aromatic nitrogens is 2. The molecule has 0 fully saturated rings. The molecule has 1 aromatic rings. The van der Waals surface area contributed by atoms with Crippen molar-refractivity contribution in [2.45, 2.75) is 25.7 Å². The fourth-order valence-electron chi connectivity index (χ4n) is 1.59. The Hall–Kier alpha value is -1.32. The van der Waals surface area contributed by atoms with E-state index < -0.39 is 0 Å². The molecule has 2 rings (SSSR count). The average molecular weight is 179 g/mol. The number of amides is 1. The lowest BCUT2D eigenvalue weighted by Gasteiger charge is -2.00. The Morgan fingerprint density at radius 1 is 1.31 bits per heavy atom. The molecule has 0 saturated heterocycles. The molecule has 0 aliphatic carbocycles. The number of H-pyrrole nitrogens is 1. The molecule has 4 heteroatoms. The normalized spacial score (nSPS) is 18.0. The van der Waals surface area contributed by atoms with Crippen molar-refractivity contribution in [1.82, 2.24) is 15.3 Å². The van der Waals surface area contributed by atoms with Gasteiger partial charge in [-0.25, -0.2) is 4.98 Å². The molecule has 1 aliphatic heterocycles. The molecule has 1 aliphatic rings. The summed E-state index contributed by atoms with van der Waals surface area (Å²) < 4.78 is 0. The average Bonchev–Trinajstić information content (AvgIpc) is 2.58. The number of fused-ring (bicyclic) bond motifs is 1. The van der Waals surface area contributed by atoms with Crippen molar-refractivity contribution in [2.24, 2.45) is 0 Å². The molecule has 0 radical (unpaired) electrons. The van der Waals surface area contributed by atoms with E-state index in [-0.39, 0.29) is 5.91 Å². The molecule has 70 valence electrons. The lowest BCUT2D eigenvalue weighted by molar-refractivity contribution is 0.0948. The van der Waals surface area contributed by atoms with Crippen LogP contribution in [-0.4, -0.2) is 22.4 Å². The van der Waals surface area contributed by atoms with E-state index >= 15 is 0 Å². The molecule has 0 spiro atoms. The third-order valence-electron chi connectivity index (χ3n) is 2.32. The number of imidazole rings is 1. The molecule has 2 N–H and O–H groups in total. The van der Waals surface area contributed by atoms with Crippen LogP contribution in [-0.2, 0) is 6.42 Å². The molecule has 0 aromatic carbocycles. The van der Waals surface area contributed by atoms with E-state index in [1.165, 1.54) is 0 Å². The molecular weight excluding hydrogens is 166 g/mol. The number of carbonyl (C=O) groups excluding carboxylic acids is 1. The van der Waals surface area contributed by atoms with Gasteiger partial charge < -0.3 is 10.3 Å². The van der Waals surface area contributed by atoms with E-state index in [1.54, 1.807) is 6.33 Å². The number of rotatable bonds is 0. The van der Waals surface area contributed by atoms with E-state index in [9.17, 15) is 4.79 Å². The number of nitrogens with one attached hydrogen (secondary N) is 2. The Kier molecular flexibility index (Phi) is 2.29. The number of aryl methyl sites for hydroxylation is 1. The van der Waals surface area contributed by atoms with Crippen LogP contribution in [0, 0.1) is 0 Å². The zero-order chi connectivity index (χ0) is 9.10. The predicted octanol–water partition coefficient (Wildman–Crippen LogP) is 0.866. The van der Waals surface area contributed by atoms with Gasteiger partial charge in [-0.3, -0.25) is 4.79 Å². The van der Waals surface area contributed by atoms with Crippen molar-refractivity contribution in [2.75, 3.05) is 6.54 Å². The van der Waals surface area contributed by atoms with Gasteiger partial charge in [-0.05, 0) is 19.3 Å². The van der Waals surface area contributed by atoms with Crippen LogP contribution in [0.3, 0.4) is 0 Å². The highest BCUT2D eigenvalue weighted by Crippen LogP contribution is 2.10. The first-order valence-corrected chi connectivity index (χ1v) is 4.68. The van der Waals surface area contributed by atoms with Crippen molar-refractivity contribution in [3.63, 3.8) is 0 Å². The van der Waals surface area contributed by atoms with E-state index in [4.69, 9.17) is 0 Å². The van der Waals surface area contributed by atoms with E-state index in [2.05, 4.69) is 15.3 Å². The van der Waals surface area contributed by atoms with Crippen LogP contribution >= 0.6 is 0 Å². The van der Waals surface area contributed by atoms with E-state index in [0.717, 1.165) is 37.9 Å². The minimum atomic E-state index is -0.0191. The van der Waals surface area contributed by atoms with Crippen molar-refractivity contribution in [1.29, 1.82) is 0 Å². The van der Waals surface area contributed by atoms with Crippen LogP contribution in [0.15, 0.2) is 6.33 Å². The highest BCUT2D eigenvalue weighted by Gasteiger charge is 2.14. The minimum absolute atomic E-state index is 0.0191. The first-order valence-electron chi connectivity index (χ1n) is 4.68. The highest BCUT2D eigenvalue weighted by molar-refractivity contribution is 5.93. The Morgan fingerprint density at radius 2 is 2.23 bits per heavy atom. The van der Waals surface area contributed by atoms with Gasteiger partial charge >= 0.3 is 0 Å². The largest absolute Gasteiger partial charge is 0.351 e. The number of aromatic amines is 1. The Labute approximate surface area is 76.8 Å². The lowest BCUT2D eigenvalue weighted by atomic mass is 10.1. The Morgan fingerprint density at radius 3 is 3.15 bits per heavy atom. The third-order valence-corrected chi connectivity index (χ3v) is 2.32. The number of nitrogens with zero attached hydrogens (tertiary/aromatic N) is 1. The molecule has 13 heavy (non-hydrogen) atoms. The quantitative estimate of drug-likeness (QED) is 0.620. The minimum Gasteiger partial charge on any atom is -0.351 e. The molecule has 0 unspecified atom stereocenters. The third kappa shape index (κ3) is 1.71. The van der Waals surface area contributed by atoms with Gasteiger partial charge in [-0.2, -0.15) is 0 Å². The van der Waals surface area contributed by atoms with Crippen LogP contribution in [0.2, 0.25) is 0 Å². The maximum absolute atomic E-state index is 11.5. The monoisotopic (exact) mass is 179 g/mol. The summed E-state index contributed by atoms with van der Waals surface area (Å²) >= 11 is 0. The van der Waals surface area contributed by atoms with Crippen molar-refractivity contribution < 1.29 is 4.79 Å². The maximum atomic E-state index is 11.5. The number of carbonyl (C=O) groups is 1. The van der Waals surface area contributed by atoms with Crippen LogP contribution < -0.4 is 5.32 Å². The summed E-state index contributed by atoms with van der Waals surface area (Å²) in [7, 11) is 0. The van der Waals surface area contributed by atoms with Gasteiger partial charge in [0.1, 0.15) is 5.69 Å². The van der Waals surface area contributed by atoms with E-state index in [0.29, 0.717) is 5.69 Å². The fourth-order valence-corrected chi connectivity index (χ4v) is 1.59. The lowest BCUT2D eigenvalue weighted by Crippen LogP contribution is -2.25. The summed E-state index contributed by atoms with van der Waals surface area (Å²) in [5.41, 5.74) is 1.54. The zero-order valence-electron chi connectivity index (χ0n) is 7.47. The molecule has 1 amide bonds. The van der Waals surface area contributed by atoms with Crippen LogP contribution in [0.1, 0.15) is 35.4 Å². The Balaban J connectivity index is 2.24. The highest BCUT2D eigenvalue weighted by atomic mass is 16.1. The second kappa shape index (κ2) is 3.60. The summed E-state index contributed by atoms with van der Waals surface area (Å²) in [4.78, 5) is 18.5. The number of hydrogen-bond acceptors (Lipinski definition) is 2. The topological polar surface area (TPSA) is 57.8 Å². The van der Waals surface area contributed by atoms with Gasteiger partial charge in [-0.1, -0.05) is 6.42 Å². The van der Waals surface area contributed by atoms with Crippen LogP contribution in [0.25, 0.3) is 0 Å². The van der Waals surface area contributed by atoms with Gasteiger partial charge in [0.2, 0.25) is 0 Å². The summed E-state index contributed by atoms with van der Waals surface area (Å²) in [6.45, 7) is 0.775. The van der Waals surface area contributed by atoms with E-state index in [1.807, 2.05) is 0 Å². The van der Waals surface area contributed by atoms with Crippen LogP contribution in [0.5, 0.6) is 0 Å². The van der Waals surface area contributed by atoms with Crippen LogP contribution in [0.4, 0.5) is 0 Å². The SMILES string of the molecule is O=C1NCCCCCc2nc[nH]c21. The molecule has 0 bridgehead atoms. The number of hydrogen-bond donors (Lipinski definition) is 2. The van der Waals surface area contributed by atoms with Gasteiger partial charge in [0, 0.05) is 6.54 Å². The molecular formula is C9H13N3O. The van der Waals surface area contributed by atoms with Crippen molar-refractivity contribution >= 4 is 5.91 Å². The molecule has 1 aromatic heterocycles. The molecule has 2 heterocycles. The van der Waals surface area contributed by atoms with Gasteiger partial charge in [0.15, 0.2) is 0 Å². The molecule has 0 atom stereocenters. The molecule has 4 nitrogen and oxygen atoms in total. The maximum Gasteiger partial charge on any atom is 0.269 e. The second-order valence-electron chi connectivity index (χ2n) is 3.29. The second-order valence-corrected chi connectivity index (χ2v) is 3.29. The standard InChI is InChI=1S/C9H13N3O/c13-9-8-7(11-6-12-8)4-2-1-3-5-10-9/h6H,1-5H2,(H,10,13)(H,11,12). The first-order chi connectivity index (χ1) is 6.38. The predicted molar refractivity (Wildman–Crippen MR) is 48.5 cm³/mol. The smallest absolute Gasteiger partial charge is 0.269 e. The Bertz CT molecular complexity index is 306. The summed E-state index contributed by atoms with van der Waals surface area (Å²) in [5.74, 6) is -0.0191. The van der Waals surface area contributed by atoms with Gasteiger partial charge in [0.25, 0.3) is 5.91 Å². The van der Waals surface area contributed by atoms with Crippen molar-refractivity contribution in [3.05, 3.63) is 17.7 Å². The zero-order valence-corrected chi connectivity index (χ0v) is 7.47. The van der Waals surface area contributed by atoms with Gasteiger partial charge in [0.05, 0.1) is 12.0 Å². The summed E-state index contributed by atoms with van der Waals surface area (Å²) in [6, 6.07) is 0. The summed E-state index contributed by atoms with van der Waals surface area (Å²) in [5, 5.41) is 2.86. The summed E-state index contributed by atoms with van der Waals surface area (Å²) in [6.07, 6.45) is 5.84. The fraction of sp³-hybridized carbons (Fsp3) is 0.556. The van der Waals surface area contributed by atoms with Gasteiger partial charge in [-0.15, -0.1) is 0 Å².